The van der Waals surface area contributed by atoms with E-state index in [1.807, 2.05) is 0 Å². The van der Waals surface area contributed by atoms with Crippen LogP contribution >= 0.6 is 0 Å². The largest absolute Gasteiger partial charge is 0.352 e. The zero-order valence-electron chi connectivity index (χ0n) is 13.9. The Morgan fingerprint density at radius 3 is 2.46 bits per heavy atom. The number of hydrogen-bond donors (Lipinski definition) is 1. The van der Waals surface area contributed by atoms with Crippen LogP contribution in [0.3, 0.4) is 0 Å². The Morgan fingerprint density at radius 1 is 1.08 bits per heavy atom. The molecule has 1 amide bonds. The molecule has 0 aliphatic rings. The number of benzene rings is 2. The predicted molar refractivity (Wildman–Crippen MR) is 95.7 cm³/mol. The van der Waals surface area contributed by atoms with Gasteiger partial charge in [0.2, 0.25) is 0 Å². The van der Waals surface area contributed by atoms with Crippen LogP contribution in [0, 0.1) is 0 Å². The van der Waals surface area contributed by atoms with Crippen LogP contribution in [0.1, 0.15) is 30.1 Å². The predicted octanol–water partition coefficient (Wildman–Crippen LogP) is 3.04. The highest BCUT2D eigenvalue weighted by Gasteiger charge is 2.21. The summed E-state index contributed by atoms with van der Waals surface area (Å²) in [6, 6.07) is 14.8. The van der Waals surface area contributed by atoms with E-state index in [0.29, 0.717) is 17.8 Å². The molecule has 0 saturated heterocycles. The lowest BCUT2D eigenvalue weighted by atomic mass is 10.2. The smallest absolute Gasteiger partial charge is 0.264 e. The molecule has 6 heteroatoms. The lowest BCUT2D eigenvalue weighted by molar-refractivity contribution is 0.0953. The van der Waals surface area contributed by atoms with Crippen LogP contribution in [0.25, 0.3) is 0 Å². The van der Waals surface area contributed by atoms with Gasteiger partial charge in [-0.3, -0.25) is 9.10 Å². The number of anilines is 1. The molecule has 0 bridgehead atoms. The van der Waals surface area contributed by atoms with E-state index in [1.165, 1.54) is 11.4 Å². The number of amides is 1. The summed E-state index contributed by atoms with van der Waals surface area (Å²) in [5.74, 6) is -0.198. The van der Waals surface area contributed by atoms with Gasteiger partial charge in [0, 0.05) is 19.2 Å². The van der Waals surface area contributed by atoms with Crippen molar-refractivity contribution in [2.45, 2.75) is 24.7 Å². The molecule has 2 aromatic carbocycles. The van der Waals surface area contributed by atoms with Gasteiger partial charge in [-0.25, -0.2) is 8.42 Å². The average molecular weight is 346 g/mol. The van der Waals surface area contributed by atoms with Gasteiger partial charge in [0.25, 0.3) is 15.9 Å². The number of sulfonamides is 1. The van der Waals surface area contributed by atoms with E-state index in [0.717, 1.165) is 12.8 Å². The second-order valence-electron chi connectivity index (χ2n) is 5.45. The van der Waals surface area contributed by atoms with Crippen LogP contribution in [0.15, 0.2) is 59.5 Å². The zero-order chi connectivity index (χ0) is 17.6. The second-order valence-corrected chi connectivity index (χ2v) is 7.41. The van der Waals surface area contributed by atoms with Gasteiger partial charge in [-0.1, -0.05) is 37.6 Å². The molecule has 0 aliphatic heterocycles. The molecule has 0 heterocycles. The fraction of sp³-hybridized carbons (Fsp3) is 0.278. The number of unbranched alkanes of at least 4 members (excludes halogenated alkanes) is 1. The Balaban J connectivity index is 2.23. The Kier molecular flexibility index (Phi) is 5.98. The Hall–Kier alpha value is -2.34. The fourth-order valence-corrected chi connectivity index (χ4v) is 3.42. The van der Waals surface area contributed by atoms with Crippen LogP contribution in [0.2, 0.25) is 0 Å². The van der Waals surface area contributed by atoms with Crippen molar-refractivity contribution in [3.63, 3.8) is 0 Å². The molecule has 24 heavy (non-hydrogen) atoms. The third-order valence-electron chi connectivity index (χ3n) is 3.69. The number of nitrogens with one attached hydrogen (secondary N) is 1. The number of carbonyl (C=O) groups excluding carboxylic acids is 1. The Morgan fingerprint density at radius 2 is 1.79 bits per heavy atom. The van der Waals surface area contributed by atoms with Gasteiger partial charge in [0.15, 0.2) is 0 Å². The Labute approximate surface area is 143 Å². The van der Waals surface area contributed by atoms with Gasteiger partial charge >= 0.3 is 0 Å². The molecule has 0 aliphatic carbocycles. The van der Waals surface area contributed by atoms with E-state index in [-0.39, 0.29) is 10.8 Å². The molecule has 1 N–H and O–H groups in total. The van der Waals surface area contributed by atoms with Crippen molar-refractivity contribution in [2.75, 3.05) is 17.9 Å². The van der Waals surface area contributed by atoms with Crippen LogP contribution in [-0.4, -0.2) is 27.9 Å². The molecular weight excluding hydrogens is 324 g/mol. The topological polar surface area (TPSA) is 66.5 Å². The molecule has 0 radical (unpaired) electrons. The van der Waals surface area contributed by atoms with E-state index < -0.39 is 10.0 Å². The molecule has 0 spiro atoms. The minimum atomic E-state index is -3.65. The Bertz CT molecular complexity index is 789. The summed E-state index contributed by atoms with van der Waals surface area (Å²) in [5, 5.41) is 2.83. The molecule has 0 unspecified atom stereocenters. The first-order valence-corrected chi connectivity index (χ1v) is 9.33. The van der Waals surface area contributed by atoms with Crippen LogP contribution in [-0.2, 0) is 10.0 Å². The molecule has 2 rings (SSSR count). The van der Waals surface area contributed by atoms with E-state index in [2.05, 4.69) is 12.2 Å². The first-order chi connectivity index (χ1) is 11.5. The quantitative estimate of drug-likeness (QED) is 0.784. The maximum Gasteiger partial charge on any atom is 0.264 e. The van der Waals surface area contributed by atoms with E-state index >= 15 is 0 Å². The van der Waals surface area contributed by atoms with Crippen LogP contribution in [0.4, 0.5) is 5.69 Å². The number of hydrogen-bond acceptors (Lipinski definition) is 3. The van der Waals surface area contributed by atoms with Crippen molar-refractivity contribution in [3.05, 3.63) is 60.2 Å². The van der Waals surface area contributed by atoms with Gasteiger partial charge in [-0.05, 0) is 36.8 Å². The third kappa shape index (κ3) is 4.14. The third-order valence-corrected chi connectivity index (χ3v) is 5.49. The molecule has 128 valence electrons. The summed E-state index contributed by atoms with van der Waals surface area (Å²) in [4.78, 5) is 12.3. The summed E-state index contributed by atoms with van der Waals surface area (Å²) >= 11 is 0. The number of rotatable bonds is 7. The maximum absolute atomic E-state index is 12.7. The summed E-state index contributed by atoms with van der Waals surface area (Å²) < 4.78 is 26.5. The van der Waals surface area contributed by atoms with Crippen molar-refractivity contribution in [2.24, 2.45) is 0 Å². The van der Waals surface area contributed by atoms with Crippen LogP contribution < -0.4 is 9.62 Å². The SMILES string of the molecule is CCCCNC(=O)c1cccc(N(C)S(=O)(=O)c2ccccc2)c1. The monoisotopic (exact) mass is 346 g/mol. The van der Waals surface area contributed by atoms with Crippen molar-refractivity contribution in [1.82, 2.24) is 5.32 Å². The standard InChI is InChI=1S/C18H22N2O3S/c1-3-4-13-19-18(21)15-9-8-10-16(14-15)20(2)24(22,23)17-11-6-5-7-12-17/h5-12,14H,3-4,13H2,1-2H3,(H,19,21). The minimum Gasteiger partial charge on any atom is -0.352 e. The summed E-state index contributed by atoms with van der Waals surface area (Å²) in [5.41, 5.74) is 0.890. The zero-order valence-corrected chi connectivity index (χ0v) is 14.7. The minimum absolute atomic E-state index is 0.198. The average Bonchev–Trinajstić information content (AvgIpc) is 2.62. The van der Waals surface area contributed by atoms with Gasteiger partial charge in [0.1, 0.15) is 0 Å². The first-order valence-electron chi connectivity index (χ1n) is 7.89. The molecule has 0 saturated carbocycles. The van der Waals surface area contributed by atoms with Gasteiger partial charge in [-0.15, -0.1) is 0 Å². The second kappa shape index (κ2) is 7.97. The highest BCUT2D eigenvalue weighted by atomic mass is 32.2. The number of carbonyl (C=O) groups is 1. The van der Waals surface area contributed by atoms with Gasteiger partial charge in [0.05, 0.1) is 10.6 Å². The molecular formula is C18H22N2O3S. The van der Waals surface area contributed by atoms with Gasteiger partial charge < -0.3 is 5.32 Å². The van der Waals surface area contributed by atoms with E-state index in [9.17, 15) is 13.2 Å². The van der Waals surface area contributed by atoms with Crippen molar-refractivity contribution in [3.8, 4) is 0 Å². The summed E-state index contributed by atoms with van der Waals surface area (Å²) in [6.45, 7) is 2.66. The summed E-state index contributed by atoms with van der Waals surface area (Å²) in [7, 11) is -2.17. The maximum atomic E-state index is 12.7. The highest BCUT2D eigenvalue weighted by Crippen LogP contribution is 2.22. The first kappa shape index (κ1) is 18.0. The lowest BCUT2D eigenvalue weighted by Gasteiger charge is -2.20. The highest BCUT2D eigenvalue weighted by molar-refractivity contribution is 7.92. The summed E-state index contributed by atoms with van der Waals surface area (Å²) in [6.07, 6.45) is 1.91. The molecule has 0 fully saturated rings. The lowest BCUT2D eigenvalue weighted by Crippen LogP contribution is -2.28. The molecule has 2 aromatic rings. The fourth-order valence-electron chi connectivity index (χ4n) is 2.21. The molecule has 5 nitrogen and oxygen atoms in total. The van der Waals surface area contributed by atoms with E-state index in [1.54, 1.807) is 54.6 Å². The van der Waals surface area contributed by atoms with Crippen molar-refractivity contribution < 1.29 is 13.2 Å². The molecule has 0 atom stereocenters. The normalized spacial score (nSPS) is 11.1. The number of nitrogens with zero attached hydrogens (tertiary/aromatic N) is 1. The van der Waals surface area contributed by atoms with Crippen molar-refractivity contribution in [1.29, 1.82) is 0 Å². The van der Waals surface area contributed by atoms with Crippen molar-refractivity contribution >= 4 is 21.6 Å². The van der Waals surface area contributed by atoms with Crippen LogP contribution in [0.5, 0.6) is 0 Å². The van der Waals surface area contributed by atoms with E-state index in [4.69, 9.17) is 0 Å². The molecule has 0 aromatic heterocycles. The van der Waals surface area contributed by atoms with Gasteiger partial charge in [-0.2, -0.15) is 0 Å².